The molecule has 0 aliphatic rings. The van der Waals surface area contributed by atoms with Crippen LogP contribution in [0.15, 0.2) is 71.0 Å². The molecular weight excluding hydrogens is 454 g/mol. The highest BCUT2D eigenvalue weighted by atomic mass is 32.1. The molecule has 0 saturated carbocycles. The van der Waals surface area contributed by atoms with E-state index in [0.717, 1.165) is 37.4 Å². The van der Waals surface area contributed by atoms with Gasteiger partial charge >= 0.3 is 0 Å². The highest BCUT2D eigenvalue weighted by molar-refractivity contribution is 7.16. The highest BCUT2D eigenvalue weighted by Gasteiger charge is 2.16. The second-order valence-corrected chi connectivity index (χ2v) is 9.26. The number of rotatable bonds is 6. The fourth-order valence-corrected chi connectivity index (χ4v) is 5.55. The van der Waals surface area contributed by atoms with E-state index in [1.165, 1.54) is 11.3 Å². The average Bonchev–Trinajstić information content (AvgIpc) is 3.50. The number of thiazole rings is 1. The molecule has 8 heteroatoms. The van der Waals surface area contributed by atoms with Crippen molar-refractivity contribution in [1.29, 1.82) is 0 Å². The first-order chi connectivity index (χ1) is 16.2. The molecule has 0 fully saturated rings. The Kier molecular flexibility index (Phi) is 6.04. The third-order valence-corrected chi connectivity index (χ3v) is 7.26. The van der Waals surface area contributed by atoms with Crippen LogP contribution in [-0.4, -0.2) is 36.3 Å². The number of para-hydroxylation sites is 2. The highest BCUT2D eigenvalue weighted by Crippen LogP contribution is 2.29. The molecule has 6 nitrogen and oxygen atoms in total. The second kappa shape index (κ2) is 9.27. The van der Waals surface area contributed by atoms with Gasteiger partial charge in [-0.05, 0) is 35.7 Å². The Bertz CT molecular complexity index is 1520. The molecule has 0 atom stereocenters. The molecule has 2 aromatic carbocycles. The van der Waals surface area contributed by atoms with Crippen molar-refractivity contribution in [3.63, 3.8) is 0 Å². The number of nitrogens with zero attached hydrogens (tertiary/aromatic N) is 3. The number of fused-ring (bicyclic) bond motifs is 2. The Morgan fingerprint density at radius 2 is 1.97 bits per heavy atom. The number of aromatic nitrogens is 2. The molecule has 0 radical (unpaired) electrons. The first-order valence-corrected chi connectivity index (χ1v) is 12.1. The van der Waals surface area contributed by atoms with E-state index in [1.807, 2.05) is 70.6 Å². The van der Waals surface area contributed by atoms with Gasteiger partial charge in [-0.15, -0.1) is 11.3 Å². The van der Waals surface area contributed by atoms with E-state index in [0.29, 0.717) is 23.5 Å². The van der Waals surface area contributed by atoms with E-state index in [-0.39, 0.29) is 5.91 Å². The second-order valence-electron chi connectivity index (χ2n) is 7.30. The molecule has 1 amide bonds. The molecule has 33 heavy (non-hydrogen) atoms. The van der Waals surface area contributed by atoms with Gasteiger partial charge in [0.1, 0.15) is 11.3 Å². The SMILES string of the molecule is COCCn1c(=NC(=O)c2cc(-c3cccs3)nc3ccccc23)sc2cccc(OC)c21. The van der Waals surface area contributed by atoms with Crippen LogP contribution in [0.5, 0.6) is 5.75 Å². The molecule has 0 aliphatic heterocycles. The Hall–Kier alpha value is -3.33. The van der Waals surface area contributed by atoms with Crippen LogP contribution < -0.4 is 9.54 Å². The van der Waals surface area contributed by atoms with Crippen molar-refractivity contribution in [2.45, 2.75) is 6.54 Å². The number of pyridine rings is 1. The standard InChI is InChI=1S/C25H21N3O3S2/c1-30-13-12-28-23-20(31-2)9-5-10-22(23)33-25(28)27-24(29)17-15-19(21-11-6-14-32-21)26-18-8-4-3-7-16(17)18/h3-11,14-15H,12-13H2,1-2H3. The smallest absolute Gasteiger partial charge is 0.280 e. The zero-order valence-electron chi connectivity index (χ0n) is 18.1. The van der Waals surface area contributed by atoms with Crippen LogP contribution in [0.2, 0.25) is 0 Å². The minimum absolute atomic E-state index is 0.303. The van der Waals surface area contributed by atoms with Crippen LogP contribution in [0.25, 0.3) is 31.7 Å². The van der Waals surface area contributed by atoms with E-state index in [1.54, 1.807) is 25.6 Å². The Labute approximate surface area is 198 Å². The van der Waals surface area contributed by atoms with Crippen LogP contribution >= 0.6 is 22.7 Å². The molecule has 0 unspecified atom stereocenters. The van der Waals surface area contributed by atoms with Gasteiger partial charge in [0.15, 0.2) is 4.80 Å². The number of methoxy groups -OCH3 is 2. The molecule has 0 bridgehead atoms. The van der Waals surface area contributed by atoms with E-state index in [9.17, 15) is 4.79 Å². The summed E-state index contributed by atoms with van der Waals surface area (Å²) < 4.78 is 13.9. The number of thiophene rings is 1. The van der Waals surface area contributed by atoms with E-state index < -0.39 is 0 Å². The molecule has 3 heterocycles. The monoisotopic (exact) mass is 475 g/mol. The number of carbonyl (C=O) groups excluding carboxylic acids is 1. The van der Waals surface area contributed by atoms with Gasteiger partial charge in [-0.25, -0.2) is 4.98 Å². The van der Waals surface area contributed by atoms with Crippen LogP contribution in [0.3, 0.4) is 0 Å². The Morgan fingerprint density at radius 1 is 1.09 bits per heavy atom. The quantitative estimate of drug-likeness (QED) is 0.331. The maximum Gasteiger partial charge on any atom is 0.280 e. The molecule has 0 aliphatic carbocycles. The van der Waals surface area contributed by atoms with Gasteiger partial charge in [0.05, 0.1) is 40.1 Å². The topological polar surface area (TPSA) is 65.7 Å². The summed E-state index contributed by atoms with van der Waals surface area (Å²) >= 11 is 3.05. The molecule has 5 aromatic rings. The average molecular weight is 476 g/mol. The maximum atomic E-state index is 13.5. The van der Waals surface area contributed by atoms with E-state index in [2.05, 4.69) is 4.99 Å². The lowest BCUT2D eigenvalue weighted by atomic mass is 10.1. The summed E-state index contributed by atoms with van der Waals surface area (Å²) in [6.07, 6.45) is 0. The molecule has 166 valence electrons. The fourth-order valence-electron chi connectivity index (χ4n) is 3.79. The Balaban J connectivity index is 1.70. The first-order valence-electron chi connectivity index (χ1n) is 10.4. The predicted molar refractivity (Wildman–Crippen MR) is 133 cm³/mol. The number of amides is 1. The van der Waals surface area contributed by atoms with Crippen molar-refractivity contribution < 1.29 is 14.3 Å². The van der Waals surface area contributed by atoms with Gasteiger partial charge in [0.2, 0.25) is 0 Å². The van der Waals surface area contributed by atoms with Crippen LogP contribution in [-0.2, 0) is 11.3 Å². The van der Waals surface area contributed by atoms with E-state index in [4.69, 9.17) is 14.5 Å². The number of hydrogen-bond acceptors (Lipinski definition) is 6. The van der Waals surface area contributed by atoms with Gasteiger partial charge in [0, 0.05) is 19.0 Å². The zero-order valence-corrected chi connectivity index (χ0v) is 19.8. The van der Waals surface area contributed by atoms with Gasteiger partial charge in [0.25, 0.3) is 5.91 Å². The van der Waals surface area contributed by atoms with Crippen LogP contribution in [0, 0.1) is 0 Å². The predicted octanol–water partition coefficient (Wildman–Crippen LogP) is 5.38. The third kappa shape index (κ3) is 4.08. The molecule has 0 saturated heterocycles. The normalized spacial score (nSPS) is 12.0. The minimum atomic E-state index is -0.303. The zero-order chi connectivity index (χ0) is 22.8. The van der Waals surface area contributed by atoms with Gasteiger partial charge in [-0.1, -0.05) is 41.7 Å². The summed E-state index contributed by atoms with van der Waals surface area (Å²) in [7, 11) is 3.30. The summed E-state index contributed by atoms with van der Waals surface area (Å²) in [6.45, 7) is 1.05. The Morgan fingerprint density at radius 3 is 2.76 bits per heavy atom. The van der Waals surface area contributed by atoms with Crippen molar-refractivity contribution in [1.82, 2.24) is 9.55 Å². The fraction of sp³-hybridized carbons (Fsp3) is 0.160. The summed E-state index contributed by atoms with van der Waals surface area (Å²) in [4.78, 5) is 24.5. The third-order valence-electron chi connectivity index (χ3n) is 5.32. The lowest BCUT2D eigenvalue weighted by Gasteiger charge is -2.08. The number of ether oxygens (including phenoxy) is 2. The maximum absolute atomic E-state index is 13.5. The minimum Gasteiger partial charge on any atom is -0.495 e. The number of benzene rings is 2. The van der Waals surface area contributed by atoms with Crippen molar-refractivity contribution in [3.05, 3.63) is 76.4 Å². The molecule has 0 spiro atoms. The molecule has 0 N–H and O–H groups in total. The molecular formula is C25H21N3O3S2. The summed E-state index contributed by atoms with van der Waals surface area (Å²) in [5, 5.41) is 2.79. The van der Waals surface area contributed by atoms with Crippen molar-refractivity contribution in [2.75, 3.05) is 20.8 Å². The lowest BCUT2D eigenvalue weighted by Crippen LogP contribution is -2.19. The summed E-state index contributed by atoms with van der Waals surface area (Å²) in [5.74, 6) is 0.436. The van der Waals surface area contributed by atoms with Crippen LogP contribution in [0.4, 0.5) is 0 Å². The molecule has 5 rings (SSSR count). The number of carbonyl (C=O) groups is 1. The largest absolute Gasteiger partial charge is 0.495 e. The van der Waals surface area contributed by atoms with Crippen molar-refractivity contribution in [2.24, 2.45) is 4.99 Å². The number of hydrogen-bond donors (Lipinski definition) is 0. The molecule has 3 aromatic heterocycles. The van der Waals surface area contributed by atoms with E-state index >= 15 is 0 Å². The van der Waals surface area contributed by atoms with Gasteiger partial charge in [-0.2, -0.15) is 4.99 Å². The summed E-state index contributed by atoms with van der Waals surface area (Å²) in [6, 6.07) is 19.4. The lowest BCUT2D eigenvalue weighted by molar-refractivity contribution is 0.0999. The van der Waals surface area contributed by atoms with Crippen molar-refractivity contribution in [3.8, 4) is 16.3 Å². The van der Waals surface area contributed by atoms with Gasteiger partial charge in [-0.3, -0.25) is 4.79 Å². The summed E-state index contributed by atoms with van der Waals surface area (Å²) in [5.41, 5.74) is 2.99. The van der Waals surface area contributed by atoms with Gasteiger partial charge < -0.3 is 14.0 Å². The first kappa shape index (κ1) is 21.5. The van der Waals surface area contributed by atoms with Crippen LogP contribution in [0.1, 0.15) is 10.4 Å². The van der Waals surface area contributed by atoms with Crippen molar-refractivity contribution >= 4 is 49.7 Å².